The van der Waals surface area contributed by atoms with Crippen LogP contribution in [0, 0.1) is 47.4 Å². The summed E-state index contributed by atoms with van der Waals surface area (Å²) in [6, 6.07) is 0. The second-order valence-corrected chi connectivity index (χ2v) is 5.99. The van der Waals surface area contributed by atoms with Crippen LogP contribution in [-0.2, 0) is 19.0 Å². The molecule has 0 amide bonds. The number of ether oxygens (including phenoxy) is 3. The first kappa shape index (κ1) is 25.8. The van der Waals surface area contributed by atoms with E-state index in [1.807, 2.05) is 0 Å². The lowest BCUT2D eigenvalue weighted by Gasteiger charge is -2.17. The monoisotopic (exact) mass is 384 g/mol. The highest BCUT2D eigenvalue weighted by atomic mass is 16.6. The van der Waals surface area contributed by atoms with Gasteiger partial charge in [0.15, 0.2) is 5.78 Å². The minimum Gasteiger partial charge on any atom is -0.378 e. The Labute approximate surface area is 171 Å². The minimum absolute atomic E-state index is 0.0296. The van der Waals surface area contributed by atoms with Crippen LogP contribution in [0.4, 0.5) is 0 Å². The molecule has 0 aliphatic heterocycles. The number of carbonyl (C=O) groups excluding carboxylic acids is 1. The standard InChI is InChI=1S/C24H32O4/c1-4-6-8-10-12-14-16-18-26-21-24(28-20-23(3)25)22-27-19-17-15-13-11-9-7-5-2/h24H,4-7,16-22H2,1-3H3. The second kappa shape index (κ2) is 21.1. The predicted molar refractivity (Wildman–Crippen MR) is 112 cm³/mol. The molecular formula is C24H32O4. The molecule has 4 heteroatoms. The molecule has 0 bridgehead atoms. The van der Waals surface area contributed by atoms with Crippen LogP contribution in [0.25, 0.3) is 0 Å². The van der Waals surface area contributed by atoms with Gasteiger partial charge in [0.25, 0.3) is 0 Å². The van der Waals surface area contributed by atoms with Crippen molar-refractivity contribution >= 4 is 5.78 Å². The molecule has 0 fully saturated rings. The van der Waals surface area contributed by atoms with Crippen LogP contribution >= 0.6 is 0 Å². The molecule has 0 aliphatic rings. The van der Waals surface area contributed by atoms with Crippen molar-refractivity contribution in [1.29, 1.82) is 0 Å². The Morgan fingerprint density at radius 1 is 0.750 bits per heavy atom. The fraction of sp³-hybridized carbons (Fsp3) is 0.625. The number of hydrogen-bond acceptors (Lipinski definition) is 4. The van der Waals surface area contributed by atoms with E-state index in [0.29, 0.717) is 39.3 Å². The first-order valence-electron chi connectivity index (χ1n) is 9.88. The fourth-order valence-electron chi connectivity index (χ4n) is 1.73. The number of ketones is 1. The number of carbonyl (C=O) groups is 1. The van der Waals surface area contributed by atoms with Gasteiger partial charge in [-0.3, -0.25) is 4.79 Å². The third kappa shape index (κ3) is 20.1. The van der Waals surface area contributed by atoms with Crippen molar-refractivity contribution in [2.24, 2.45) is 0 Å². The van der Waals surface area contributed by atoms with Gasteiger partial charge >= 0.3 is 0 Å². The van der Waals surface area contributed by atoms with Crippen molar-refractivity contribution in [2.45, 2.75) is 65.4 Å². The molecule has 0 saturated heterocycles. The average molecular weight is 385 g/mol. The molecule has 0 heterocycles. The first-order chi connectivity index (χ1) is 13.7. The Balaban J connectivity index is 4.04. The van der Waals surface area contributed by atoms with E-state index >= 15 is 0 Å². The Morgan fingerprint density at radius 2 is 1.18 bits per heavy atom. The van der Waals surface area contributed by atoms with Crippen LogP contribution in [0.2, 0.25) is 0 Å². The molecule has 28 heavy (non-hydrogen) atoms. The van der Waals surface area contributed by atoms with Crippen LogP contribution in [0.1, 0.15) is 59.3 Å². The maximum atomic E-state index is 11.1. The van der Waals surface area contributed by atoms with E-state index in [4.69, 9.17) is 14.2 Å². The van der Waals surface area contributed by atoms with Crippen molar-refractivity contribution in [3.63, 3.8) is 0 Å². The summed E-state index contributed by atoms with van der Waals surface area (Å²) >= 11 is 0. The van der Waals surface area contributed by atoms with Gasteiger partial charge in [-0.15, -0.1) is 0 Å². The van der Waals surface area contributed by atoms with Gasteiger partial charge in [0.05, 0.1) is 26.4 Å². The van der Waals surface area contributed by atoms with Gasteiger partial charge < -0.3 is 14.2 Å². The van der Waals surface area contributed by atoms with E-state index in [1.54, 1.807) is 0 Å². The average Bonchev–Trinajstić information content (AvgIpc) is 2.68. The van der Waals surface area contributed by atoms with Crippen molar-refractivity contribution in [3.8, 4) is 47.4 Å². The van der Waals surface area contributed by atoms with Gasteiger partial charge in [-0.1, -0.05) is 37.5 Å². The first-order valence-corrected chi connectivity index (χ1v) is 9.88. The van der Waals surface area contributed by atoms with E-state index < -0.39 is 0 Å². The lowest BCUT2D eigenvalue weighted by atomic mass is 10.3. The SMILES string of the molecule is CCCC#CC#CCCOCC(COCCC#CC#CCCC)OCC(C)=O. The molecule has 152 valence electrons. The summed E-state index contributed by atoms with van der Waals surface area (Å²) < 4.78 is 16.7. The minimum atomic E-state index is -0.293. The summed E-state index contributed by atoms with van der Waals surface area (Å²) in [4.78, 5) is 11.1. The van der Waals surface area contributed by atoms with Crippen molar-refractivity contribution in [3.05, 3.63) is 0 Å². The number of unbranched alkanes of at least 4 members (excludes halogenated alkanes) is 2. The van der Waals surface area contributed by atoms with Crippen LogP contribution < -0.4 is 0 Å². The maximum absolute atomic E-state index is 11.1. The van der Waals surface area contributed by atoms with Crippen LogP contribution in [0.15, 0.2) is 0 Å². The highest BCUT2D eigenvalue weighted by Crippen LogP contribution is 1.98. The molecule has 0 aromatic rings. The lowest BCUT2D eigenvalue weighted by molar-refractivity contribution is -0.127. The van der Waals surface area contributed by atoms with Gasteiger partial charge in [0.1, 0.15) is 12.7 Å². The Morgan fingerprint density at radius 3 is 1.57 bits per heavy atom. The summed E-state index contributed by atoms with van der Waals surface area (Å²) in [6.07, 6.45) is 4.75. The molecule has 0 spiro atoms. The number of hydrogen-bond donors (Lipinski definition) is 0. The number of Topliss-reactive ketones (excluding diaryl/α,β-unsaturated/α-hetero) is 1. The molecule has 0 saturated carbocycles. The molecule has 0 aromatic heterocycles. The van der Waals surface area contributed by atoms with E-state index in [9.17, 15) is 4.79 Å². The normalized spacial score (nSPS) is 9.14. The summed E-state index contributed by atoms with van der Waals surface area (Å²) in [6.45, 7) is 7.39. The zero-order valence-corrected chi connectivity index (χ0v) is 17.5. The Bertz CT molecular complexity index is 600. The molecule has 0 aromatic carbocycles. The van der Waals surface area contributed by atoms with Gasteiger partial charge in [-0.25, -0.2) is 0 Å². The van der Waals surface area contributed by atoms with Crippen LogP contribution in [0.3, 0.4) is 0 Å². The summed E-state index contributed by atoms with van der Waals surface area (Å²) in [5.41, 5.74) is 0. The van der Waals surface area contributed by atoms with Crippen LogP contribution in [-0.4, -0.2) is 44.9 Å². The Kier molecular flexibility index (Phi) is 19.4. The molecule has 0 radical (unpaired) electrons. The smallest absolute Gasteiger partial charge is 0.155 e. The van der Waals surface area contributed by atoms with Gasteiger partial charge in [-0.2, -0.15) is 0 Å². The quantitative estimate of drug-likeness (QED) is 0.361. The Hall–Kier alpha value is -2.21. The van der Waals surface area contributed by atoms with Gasteiger partial charge in [0.2, 0.25) is 0 Å². The van der Waals surface area contributed by atoms with Crippen molar-refractivity contribution in [2.75, 3.05) is 33.0 Å². The molecule has 0 rings (SSSR count). The molecule has 4 nitrogen and oxygen atoms in total. The second-order valence-electron chi connectivity index (χ2n) is 5.99. The van der Waals surface area contributed by atoms with Crippen molar-refractivity contribution < 1.29 is 19.0 Å². The summed E-state index contributed by atoms with van der Waals surface area (Å²) in [5, 5.41) is 0. The number of rotatable bonds is 13. The molecule has 0 aliphatic carbocycles. The zero-order chi connectivity index (χ0) is 20.7. The highest BCUT2D eigenvalue weighted by molar-refractivity contribution is 5.76. The molecule has 0 atom stereocenters. The van der Waals surface area contributed by atoms with E-state index in [0.717, 1.165) is 25.7 Å². The maximum Gasteiger partial charge on any atom is 0.155 e. The van der Waals surface area contributed by atoms with Gasteiger partial charge in [-0.05, 0) is 43.4 Å². The summed E-state index contributed by atoms with van der Waals surface area (Å²) in [7, 11) is 0. The topological polar surface area (TPSA) is 44.8 Å². The molecule has 0 N–H and O–H groups in total. The predicted octanol–water partition coefficient (Wildman–Crippen LogP) is 3.39. The lowest BCUT2D eigenvalue weighted by Crippen LogP contribution is -2.28. The van der Waals surface area contributed by atoms with Crippen molar-refractivity contribution in [1.82, 2.24) is 0 Å². The van der Waals surface area contributed by atoms with E-state index in [-0.39, 0.29) is 18.5 Å². The summed E-state index contributed by atoms with van der Waals surface area (Å²) in [5.74, 6) is 23.0. The van der Waals surface area contributed by atoms with Gasteiger partial charge in [0, 0.05) is 25.7 Å². The van der Waals surface area contributed by atoms with Crippen LogP contribution in [0.5, 0.6) is 0 Å². The van der Waals surface area contributed by atoms with E-state index in [1.165, 1.54) is 6.92 Å². The largest absolute Gasteiger partial charge is 0.378 e. The zero-order valence-electron chi connectivity index (χ0n) is 17.5. The van der Waals surface area contributed by atoms with E-state index in [2.05, 4.69) is 61.2 Å². The highest BCUT2D eigenvalue weighted by Gasteiger charge is 2.11. The molecule has 0 unspecified atom stereocenters. The molecular weight excluding hydrogens is 352 g/mol. The fourth-order valence-corrected chi connectivity index (χ4v) is 1.73. The third-order valence-electron chi connectivity index (χ3n) is 3.10. The third-order valence-corrected chi connectivity index (χ3v) is 3.10.